The second-order valence-electron chi connectivity index (χ2n) is 5.98. The van der Waals surface area contributed by atoms with Crippen molar-refractivity contribution in [3.63, 3.8) is 0 Å². The number of rotatable bonds is 6. The largest absolute Gasteiger partial charge is 0.352 e. The van der Waals surface area contributed by atoms with Crippen molar-refractivity contribution in [3.8, 4) is 0 Å². The molecule has 2 aromatic rings. The highest BCUT2D eigenvalue weighted by Crippen LogP contribution is 2.07. The van der Waals surface area contributed by atoms with E-state index in [0.29, 0.717) is 11.3 Å². The molecule has 0 aliphatic rings. The fraction of sp³-hybridized carbons (Fsp3) is 0.316. The molecule has 132 valence electrons. The number of carbonyl (C=O) groups excluding carboxylic acids is 2. The molecule has 6 nitrogen and oxygen atoms in total. The maximum Gasteiger partial charge on any atom is 0.274 e. The predicted molar refractivity (Wildman–Crippen MR) is 97.7 cm³/mol. The molecule has 6 heteroatoms. The molecule has 0 fully saturated rings. The summed E-state index contributed by atoms with van der Waals surface area (Å²) in [7, 11) is 0. The van der Waals surface area contributed by atoms with E-state index in [-0.39, 0.29) is 30.1 Å². The van der Waals surface area contributed by atoms with Gasteiger partial charge in [0.15, 0.2) is 0 Å². The van der Waals surface area contributed by atoms with Gasteiger partial charge in [0.2, 0.25) is 5.91 Å². The lowest BCUT2D eigenvalue weighted by atomic mass is 10.2. The summed E-state index contributed by atoms with van der Waals surface area (Å²) in [4.78, 5) is 36.9. The van der Waals surface area contributed by atoms with Crippen LogP contribution in [0.25, 0.3) is 0 Å². The fourth-order valence-electron chi connectivity index (χ4n) is 2.31. The molecule has 0 radical (unpaired) electrons. The van der Waals surface area contributed by atoms with Crippen LogP contribution >= 0.6 is 0 Å². The molecule has 2 N–H and O–H groups in total. The van der Waals surface area contributed by atoms with Crippen molar-refractivity contribution in [2.45, 2.75) is 39.8 Å². The standard InChI is InChI=1S/C19H23N3O3/c1-4-13(2)20-17(23)12-22-14(3)10-11-16(19(22)25)21-18(24)15-8-6-5-7-9-15/h5-11,13H,4,12H2,1-3H3,(H,20,23)(H,21,24)/t13-/m1/s1. The first-order valence-corrected chi connectivity index (χ1v) is 8.28. The quantitative estimate of drug-likeness (QED) is 0.846. The Morgan fingerprint density at radius 1 is 1.12 bits per heavy atom. The van der Waals surface area contributed by atoms with Gasteiger partial charge in [-0.15, -0.1) is 0 Å². The van der Waals surface area contributed by atoms with Crippen LogP contribution in [-0.2, 0) is 11.3 Å². The maximum absolute atomic E-state index is 12.6. The van der Waals surface area contributed by atoms with Crippen LogP contribution in [0.1, 0.15) is 36.3 Å². The summed E-state index contributed by atoms with van der Waals surface area (Å²) in [5.41, 5.74) is 0.866. The summed E-state index contributed by atoms with van der Waals surface area (Å²) in [5, 5.41) is 5.45. The highest BCUT2D eigenvalue weighted by Gasteiger charge is 2.14. The SMILES string of the molecule is CC[C@@H](C)NC(=O)Cn1c(C)ccc(NC(=O)c2ccccc2)c1=O. The number of carbonyl (C=O) groups is 2. The Morgan fingerprint density at radius 2 is 1.80 bits per heavy atom. The van der Waals surface area contributed by atoms with Gasteiger partial charge in [0.05, 0.1) is 0 Å². The van der Waals surface area contributed by atoms with E-state index < -0.39 is 5.56 Å². The summed E-state index contributed by atoms with van der Waals surface area (Å²) < 4.78 is 1.36. The molecule has 0 aliphatic heterocycles. The molecule has 0 saturated carbocycles. The number of nitrogens with one attached hydrogen (secondary N) is 2. The molecule has 25 heavy (non-hydrogen) atoms. The minimum absolute atomic E-state index is 0.0458. The van der Waals surface area contributed by atoms with Gasteiger partial charge in [-0.3, -0.25) is 14.4 Å². The van der Waals surface area contributed by atoms with E-state index in [0.717, 1.165) is 6.42 Å². The van der Waals surface area contributed by atoms with Crippen LogP contribution in [-0.4, -0.2) is 22.4 Å². The summed E-state index contributed by atoms with van der Waals surface area (Å²) in [6.07, 6.45) is 0.812. The van der Waals surface area contributed by atoms with Gasteiger partial charge in [0, 0.05) is 17.3 Å². The van der Waals surface area contributed by atoms with E-state index in [1.54, 1.807) is 43.3 Å². The van der Waals surface area contributed by atoms with Gasteiger partial charge in [-0.1, -0.05) is 25.1 Å². The molecule has 1 heterocycles. The van der Waals surface area contributed by atoms with Crippen LogP contribution in [0.3, 0.4) is 0 Å². The summed E-state index contributed by atoms with van der Waals surface area (Å²) in [6, 6.07) is 12.0. The van der Waals surface area contributed by atoms with Gasteiger partial charge >= 0.3 is 0 Å². The highest BCUT2D eigenvalue weighted by molar-refractivity contribution is 6.04. The van der Waals surface area contributed by atoms with E-state index in [1.807, 2.05) is 19.9 Å². The van der Waals surface area contributed by atoms with Crippen molar-refractivity contribution in [1.82, 2.24) is 9.88 Å². The monoisotopic (exact) mass is 341 g/mol. The molecule has 1 atom stereocenters. The van der Waals surface area contributed by atoms with Crippen LogP contribution < -0.4 is 16.2 Å². The smallest absolute Gasteiger partial charge is 0.274 e. The molecular formula is C19H23N3O3. The van der Waals surface area contributed by atoms with Crippen LogP contribution in [0.2, 0.25) is 0 Å². The van der Waals surface area contributed by atoms with Crippen molar-refractivity contribution < 1.29 is 9.59 Å². The minimum atomic E-state index is -0.399. The van der Waals surface area contributed by atoms with Crippen molar-refractivity contribution >= 4 is 17.5 Å². The summed E-state index contributed by atoms with van der Waals surface area (Å²) in [6.45, 7) is 5.55. The Hall–Kier alpha value is -2.89. The predicted octanol–water partition coefficient (Wildman–Crippen LogP) is 2.32. The number of aromatic nitrogens is 1. The van der Waals surface area contributed by atoms with Gasteiger partial charge < -0.3 is 15.2 Å². The molecule has 1 aromatic heterocycles. The van der Waals surface area contributed by atoms with Crippen LogP contribution in [0, 0.1) is 6.92 Å². The molecule has 1 aromatic carbocycles. The number of hydrogen-bond donors (Lipinski definition) is 2. The van der Waals surface area contributed by atoms with E-state index in [9.17, 15) is 14.4 Å². The first-order valence-electron chi connectivity index (χ1n) is 8.28. The topological polar surface area (TPSA) is 80.2 Å². The van der Waals surface area contributed by atoms with Gasteiger partial charge in [-0.05, 0) is 44.5 Å². The van der Waals surface area contributed by atoms with Crippen molar-refractivity contribution in [1.29, 1.82) is 0 Å². The summed E-state index contributed by atoms with van der Waals surface area (Å²) in [5.74, 6) is -0.594. The molecule has 0 saturated heterocycles. The molecular weight excluding hydrogens is 318 g/mol. The normalized spacial score (nSPS) is 11.6. The minimum Gasteiger partial charge on any atom is -0.352 e. The Labute approximate surface area is 146 Å². The van der Waals surface area contributed by atoms with Gasteiger partial charge in [0.1, 0.15) is 12.2 Å². The lowest BCUT2D eigenvalue weighted by Crippen LogP contribution is -2.38. The first-order chi connectivity index (χ1) is 11.9. The second kappa shape index (κ2) is 8.28. The number of amides is 2. The molecule has 2 rings (SSSR count). The third kappa shape index (κ3) is 4.79. The molecule has 2 amide bonds. The number of aryl methyl sites for hydroxylation is 1. The highest BCUT2D eigenvalue weighted by atomic mass is 16.2. The second-order valence-corrected chi connectivity index (χ2v) is 5.98. The Balaban J connectivity index is 2.20. The van der Waals surface area contributed by atoms with E-state index >= 15 is 0 Å². The molecule has 0 bridgehead atoms. The van der Waals surface area contributed by atoms with Crippen molar-refractivity contribution in [2.75, 3.05) is 5.32 Å². The van der Waals surface area contributed by atoms with E-state index in [1.165, 1.54) is 4.57 Å². The third-order valence-corrected chi connectivity index (χ3v) is 4.00. The number of hydrogen-bond acceptors (Lipinski definition) is 3. The zero-order valence-electron chi connectivity index (χ0n) is 14.7. The van der Waals surface area contributed by atoms with Gasteiger partial charge in [-0.25, -0.2) is 0 Å². The average Bonchev–Trinajstić information content (AvgIpc) is 2.61. The number of nitrogens with zero attached hydrogens (tertiary/aromatic N) is 1. The number of pyridine rings is 1. The fourth-order valence-corrected chi connectivity index (χ4v) is 2.31. The van der Waals surface area contributed by atoms with E-state index in [2.05, 4.69) is 10.6 Å². The first kappa shape index (κ1) is 18.4. The zero-order chi connectivity index (χ0) is 18.4. The zero-order valence-corrected chi connectivity index (χ0v) is 14.7. The van der Waals surface area contributed by atoms with Crippen LogP contribution in [0.4, 0.5) is 5.69 Å². The molecule has 0 unspecified atom stereocenters. The maximum atomic E-state index is 12.6. The lowest BCUT2D eigenvalue weighted by molar-refractivity contribution is -0.122. The van der Waals surface area contributed by atoms with Crippen LogP contribution in [0.15, 0.2) is 47.3 Å². The van der Waals surface area contributed by atoms with Gasteiger partial charge in [0.25, 0.3) is 11.5 Å². The third-order valence-electron chi connectivity index (χ3n) is 4.00. The van der Waals surface area contributed by atoms with E-state index in [4.69, 9.17) is 0 Å². The average molecular weight is 341 g/mol. The van der Waals surface area contributed by atoms with Crippen molar-refractivity contribution in [3.05, 3.63) is 64.1 Å². The van der Waals surface area contributed by atoms with Crippen LogP contribution in [0.5, 0.6) is 0 Å². The Bertz CT molecular complexity index is 812. The number of anilines is 1. The Kier molecular flexibility index (Phi) is 6.11. The molecule has 0 aliphatic carbocycles. The van der Waals surface area contributed by atoms with Gasteiger partial charge in [-0.2, -0.15) is 0 Å². The lowest BCUT2D eigenvalue weighted by Gasteiger charge is -2.15. The van der Waals surface area contributed by atoms with Crippen molar-refractivity contribution in [2.24, 2.45) is 0 Å². The molecule has 0 spiro atoms. The summed E-state index contributed by atoms with van der Waals surface area (Å²) >= 11 is 0. The number of benzene rings is 1. The Morgan fingerprint density at radius 3 is 2.44 bits per heavy atom.